The van der Waals surface area contributed by atoms with Gasteiger partial charge < -0.3 is 50.0 Å². The highest BCUT2D eigenvalue weighted by molar-refractivity contribution is 5.16. The molecule has 0 amide bonds. The van der Waals surface area contributed by atoms with E-state index in [0.717, 1.165) is 38.5 Å². The van der Waals surface area contributed by atoms with E-state index in [0.29, 0.717) is 31.3 Å². The van der Waals surface area contributed by atoms with Gasteiger partial charge in [-0.1, -0.05) is 41.0 Å². The van der Waals surface area contributed by atoms with Crippen molar-refractivity contribution in [2.45, 2.75) is 141 Å². The Morgan fingerprint density at radius 1 is 0.756 bits per heavy atom. The smallest absolute Gasteiger partial charge is 0.186 e. The minimum atomic E-state index is -1.17. The molecule has 4 saturated carbocycles. The van der Waals surface area contributed by atoms with Crippen LogP contribution in [0.3, 0.4) is 0 Å². The largest absolute Gasteiger partial charge is 0.393 e. The van der Waals surface area contributed by atoms with Gasteiger partial charge in [0.05, 0.1) is 43.7 Å². The molecule has 5 aliphatic rings. The molecule has 0 unspecified atom stereocenters. The van der Waals surface area contributed by atoms with E-state index in [9.17, 15) is 35.7 Å². The van der Waals surface area contributed by atoms with Gasteiger partial charge >= 0.3 is 0 Å². The summed E-state index contributed by atoms with van der Waals surface area (Å²) in [5, 5.41) is 76.6. The normalized spacial score (nSPS) is 51.3. The van der Waals surface area contributed by atoms with Crippen LogP contribution in [-0.2, 0) is 14.2 Å². The van der Waals surface area contributed by atoms with E-state index in [2.05, 4.69) is 34.6 Å². The van der Waals surface area contributed by atoms with Crippen LogP contribution in [0.15, 0.2) is 0 Å². The molecule has 18 atom stereocenters. The first-order valence-corrected chi connectivity index (χ1v) is 17.7. The van der Waals surface area contributed by atoms with E-state index in [4.69, 9.17) is 14.2 Å². The average molecular weight is 643 g/mol. The van der Waals surface area contributed by atoms with E-state index in [1.54, 1.807) is 0 Å². The molecule has 262 valence electrons. The van der Waals surface area contributed by atoms with Crippen LogP contribution in [0, 0.1) is 58.2 Å². The van der Waals surface area contributed by atoms with Gasteiger partial charge in [0.1, 0.15) is 18.3 Å². The van der Waals surface area contributed by atoms with Crippen LogP contribution in [0.2, 0.25) is 0 Å². The molecular formula is C35H62O10. The highest BCUT2D eigenvalue weighted by Crippen LogP contribution is 2.68. The first-order valence-electron chi connectivity index (χ1n) is 17.7. The lowest BCUT2D eigenvalue weighted by Crippen LogP contribution is -2.63. The summed E-state index contributed by atoms with van der Waals surface area (Å²) in [6.07, 6.45) is -1.70. The van der Waals surface area contributed by atoms with Crippen molar-refractivity contribution in [2.24, 2.45) is 58.2 Å². The topological polar surface area (TPSA) is 169 Å². The number of hydrogen-bond acceptors (Lipinski definition) is 10. The number of fused-ring (bicyclic) bond motifs is 5. The monoisotopic (exact) mass is 642 g/mol. The molecule has 5 fully saturated rings. The van der Waals surface area contributed by atoms with Gasteiger partial charge in [0.2, 0.25) is 0 Å². The van der Waals surface area contributed by atoms with Gasteiger partial charge in [-0.05, 0) is 97.2 Å². The number of rotatable bonds is 10. The molecule has 0 bridgehead atoms. The molecule has 1 aliphatic heterocycles. The molecule has 4 aliphatic carbocycles. The van der Waals surface area contributed by atoms with Crippen molar-refractivity contribution in [1.29, 1.82) is 0 Å². The average Bonchev–Trinajstić information content (AvgIpc) is 3.19. The Labute approximate surface area is 269 Å². The molecule has 0 aromatic heterocycles. The van der Waals surface area contributed by atoms with E-state index in [1.165, 1.54) is 7.11 Å². The van der Waals surface area contributed by atoms with Crippen molar-refractivity contribution in [2.75, 3.05) is 20.3 Å². The van der Waals surface area contributed by atoms with Crippen LogP contribution in [0.4, 0.5) is 0 Å². The van der Waals surface area contributed by atoms with E-state index in [1.807, 2.05) is 0 Å². The highest BCUT2D eigenvalue weighted by atomic mass is 16.7. The summed E-state index contributed by atoms with van der Waals surface area (Å²) >= 11 is 0. The molecular weight excluding hydrogens is 580 g/mol. The Bertz CT molecular complexity index is 982. The number of aliphatic hydroxyl groups excluding tert-OH is 7. The lowest BCUT2D eigenvalue weighted by Gasteiger charge is -2.63. The lowest BCUT2D eigenvalue weighted by atomic mass is 9.43. The van der Waals surface area contributed by atoms with Gasteiger partial charge in [-0.25, -0.2) is 0 Å². The zero-order valence-corrected chi connectivity index (χ0v) is 28.2. The van der Waals surface area contributed by atoms with Crippen LogP contribution in [-0.4, -0.2) is 111 Å². The lowest BCUT2D eigenvalue weighted by molar-refractivity contribution is -0.274. The van der Waals surface area contributed by atoms with Crippen LogP contribution in [0.25, 0.3) is 0 Å². The molecule has 7 N–H and O–H groups in total. The molecule has 1 heterocycles. The zero-order valence-electron chi connectivity index (χ0n) is 28.2. The Kier molecular flexibility index (Phi) is 11.0. The summed E-state index contributed by atoms with van der Waals surface area (Å²) in [5.74, 6) is 0.649. The summed E-state index contributed by atoms with van der Waals surface area (Å²) in [5.41, 5.74) is -0.577. The van der Waals surface area contributed by atoms with Crippen molar-refractivity contribution in [3.8, 4) is 0 Å². The summed E-state index contributed by atoms with van der Waals surface area (Å²) in [4.78, 5) is 0. The van der Waals surface area contributed by atoms with Crippen molar-refractivity contribution < 1.29 is 50.0 Å². The molecule has 0 radical (unpaired) electrons. The fraction of sp³-hybridized carbons (Fsp3) is 1.00. The predicted molar refractivity (Wildman–Crippen MR) is 167 cm³/mol. The van der Waals surface area contributed by atoms with Crippen LogP contribution in [0.1, 0.15) is 86.0 Å². The van der Waals surface area contributed by atoms with Crippen molar-refractivity contribution >= 4 is 0 Å². The van der Waals surface area contributed by atoms with Gasteiger partial charge in [-0.2, -0.15) is 0 Å². The second-order valence-electron chi connectivity index (χ2n) is 16.5. The Balaban J connectivity index is 1.22. The van der Waals surface area contributed by atoms with Gasteiger partial charge in [-0.3, -0.25) is 0 Å². The number of methoxy groups -OCH3 is 1. The molecule has 10 nitrogen and oxygen atoms in total. The number of ether oxygens (including phenoxy) is 3. The third-order valence-corrected chi connectivity index (χ3v) is 13.9. The third-order valence-electron chi connectivity index (χ3n) is 13.9. The zero-order chi connectivity index (χ0) is 33.0. The molecule has 0 spiro atoms. The van der Waals surface area contributed by atoms with Gasteiger partial charge in [0.15, 0.2) is 6.29 Å². The predicted octanol–water partition coefficient (Wildman–Crippen LogP) is 2.08. The van der Waals surface area contributed by atoms with E-state index >= 15 is 0 Å². The number of aliphatic hydroxyl groups is 7. The summed E-state index contributed by atoms with van der Waals surface area (Å²) in [6, 6.07) is 0. The van der Waals surface area contributed by atoms with Gasteiger partial charge in [0, 0.05) is 13.0 Å². The summed E-state index contributed by atoms with van der Waals surface area (Å²) in [7, 11) is 1.47. The standard InChI is InChI=1S/C35H62O10/c1-17(2)19(11-14-44-33-32(42)29(39)24(43-6)16-45-33)8-7-18(3)25-30(40)31(41)26-20-15-23(37)27-28(38)22(36)10-13-34(27,4)21(20)9-12-35(25,26)5/h17-33,36-42H,7-16H2,1-6H3/t18-,19+,20-,21+,22+,23+,24-,25+,26-,27+,28+,29+,30-,31+,32-,33-,34-,35-/m1/s1. The van der Waals surface area contributed by atoms with Crippen molar-refractivity contribution in [3.63, 3.8) is 0 Å². The summed E-state index contributed by atoms with van der Waals surface area (Å²) < 4.78 is 16.6. The maximum absolute atomic E-state index is 11.7. The fourth-order valence-corrected chi connectivity index (χ4v) is 11.4. The molecule has 5 rings (SSSR count). The first kappa shape index (κ1) is 35.9. The van der Waals surface area contributed by atoms with Crippen molar-refractivity contribution in [1.82, 2.24) is 0 Å². The van der Waals surface area contributed by atoms with Gasteiger partial charge in [-0.15, -0.1) is 0 Å². The Hall–Kier alpha value is -0.400. The second-order valence-corrected chi connectivity index (χ2v) is 16.5. The van der Waals surface area contributed by atoms with E-state index in [-0.39, 0.29) is 52.9 Å². The number of hydrogen-bond donors (Lipinski definition) is 7. The maximum atomic E-state index is 11.7. The van der Waals surface area contributed by atoms with E-state index < -0.39 is 55.1 Å². The van der Waals surface area contributed by atoms with Crippen LogP contribution in [0.5, 0.6) is 0 Å². The van der Waals surface area contributed by atoms with Crippen LogP contribution < -0.4 is 0 Å². The molecule has 10 heteroatoms. The highest BCUT2D eigenvalue weighted by Gasteiger charge is 2.68. The minimum absolute atomic E-state index is 0.0555. The maximum Gasteiger partial charge on any atom is 0.186 e. The molecule has 0 aromatic carbocycles. The summed E-state index contributed by atoms with van der Waals surface area (Å²) in [6.45, 7) is 11.6. The van der Waals surface area contributed by atoms with Crippen molar-refractivity contribution in [3.05, 3.63) is 0 Å². The van der Waals surface area contributed by atoms with Gasteiger partial charge in [0.25, 0.3) is 0 Å². The molecule has 45 heavy (non-hydrogen) atoms. The second kappa shape index (κ2) is 13.8. The fourth-order valence-electron chi connectivity index (χ4n) is 11.4. The minimum Gasteiger partial charge on any atom is -0.393 e. The quantitative estimate of drug-likeness (QED) is 0.187. The Morgan fingerprint density at radius 2 is 1.44 bits per heavy atom. The first-order chi connectivity index (χ1) is 21.2. The van der Waals surface area contributed by atoms with Crippen LogP contribution >= 0.6 is 0 Å². The molecule has 1 saturated heterocycles. The third kappa shape index (κ3) is 6.28. The molecule has 0 aromatic rings. The Morgan fingerprint density at radius 3 is 2.11 bits per heavy atom. The SMILES string of the molecule is CO[C@@H]1CO[C@@H](OCC[C@H](CC[C@@H](C)[C@H]2[C@@H](O)[C@@H](O)[C@H]3[C@@H]4C[C@H](O)[C@H]5[C@@H](O)[C@@H](O)CC[C@]5(C)[C@H]4CC[C@]23C)C(C)C)[C@H](O)[C@H]1O.